The van der Waals surface area contributed by atoms with E-state index >= 15 is 0 Å². The fourth-order valence-corrected chi connectivity index (χ4v) is 3.83. The van der Waals surface area contributed by atoms with E-state index in [9.17, 15) is 4.79 Å². The van der Waals surface area contributed by atoms with Crippen LogP contribution in [0.5, 0.6) is 11.5 Å². The van der Waals surface area contributed by atoms with Gasteiger partial charge in [0.2, 0.25) is 0 Å². The summed E-state index contributed by atoms with van der Waals surface area (Å²) in [5.74, 6) is 0.672. The van der Waals surface area contributed by atoms with Crippen molar-refractivity contribution in [2.75, 3.05) is 14.2 Å². The summed E-state index contributed by atoms with van der Waals surface area (Å²) in [5, 5.41) is 6.22. The van der Waals surface area contributed by atoms with Gasteiger partial charge in [0.25, 0.3) is 5.91 Å². The number of hydrazone groups is 1. The molecule has 0 aliphatic rings. The molecule has 0 fully saturated rings. The lowest BCUT2D eigenvalue weighted by Crippen LogP contribution is -2.17. The third kappa shape index (κ3) is 5.13. The highest BCUT2D eigenvalue weighted by atomic mass is 35.5. The lowest BCUT2D eigenvalue weighted by atomic mass is 10.2. The Balaban J connectivity index is 1.56. The highest BCUT2D eigenvalue weighted by molar-refractivity contribution is 6.42. The van der Waals surface area contributed by atoms with E-state index in [0.717, 1.165) is 22.0 Å². The maximum absolute atomic E-state index is 12.6. The zero-order valence-electron chi connectivity index (χ0n) is 18.0. The second-order valence-corrected chi connectivity index (χ2v) is 8.09. The quantitative estimate of drug-likeness (QED) is 0.268. The number of benzene rings is 3. The van der Waals surface area contributed by atoms with Crippen LogP contribution in [0.2, 0.25) is 10.0 Å². The monoisotopic (exact) mass is 481 g/mol. The zero-order chi connectivity index (χ0) is 23.4. The predicted molar refractivity (Wildman–Crippen MR) is 132 cm³/mol. The van der Waals surface area contributed by atoms with Gasteiger partial charge in [-0.25, -0.2) is 5.43 Å². The molecular weight excluding hydrogens is 461 g/mol. The van der Waals surface area contributed by atoms with E-state index in [2.05, 4.69) is 15.1 Å². The van der Waals surface area contributed by atoms with Crippen LogP contribution in [0.1, 0.15) is 21.5 Å². The van der Waals surface area contributed by atoms with Crippen LogP contribution >= 0.6 is 23.2 Å². The summed E-state index contributed by atoms with van der Waals surface area (Å²) in [6.45, 7) is 0.612. The average molecular weight is 482 g/mol. The number of fused-ring (bicyclic) bond motifs is 1. The summed E-state index contributed by atoms with van der Waals surface area (Å²) < 4.78 is 12.5. The van der Waals surface area contributed by atoms with Crippen molar-refractivity contribution in [1.29, 1.82) is 0 Å². The standard InChI is InChI=1S/C25H21Cl2N3O3/c1-32-19-10-17(11-20(12-19)33-2)25(31)29-28-13-18-15-30(24-6-4-3-5-21(18)24)14-16-7-8-22(26)23(27)9-16/h3-13,15H,14H2,1-2H3,(H,29,31). The summed E-state index contributed by atoms with van der Waals surface area (Å²) in [5.41, 5.74) is 5.87. The van der Waals surface area contributed by atoms with Crippen molar-refractivity contribution in [3.05, 3.63) is 93.6 Å². The van der Waals surface area contributed by atoms with Gasteiger partial charge >= 0.3 is 0 Å². The Morgan fingerprint density at radius 3 is 2.42 bits per heavy atom. The smallest absolute Gasteiger partial charge is 0.271 e. The molecular formula is C25H21Cl2N3O3. The molecule has 0 atom stereocenters. The summed E-state index contributed by atoms with van der Waals surface area (Å²) in [4.78, 5) is 12.6. The molecule has 33 heavy (non-hydrogen) atoms. The van der Waals surface area contributed by atoms with Crippen molar-refractivity contribution in [2.45, 2.75) is 6.54 Å². The van der Waals surface area contributed by atoms with Crippen LogP contribution in [0.4, 0.5) is 0 Å². The minimum Gasteiger partial charge on any atom is -0.497 e. The van der Waals surface area contributed by atoms with Gasteiger partial charge in [-0.15, -0.1) is 0 Å². The second-order valence-electron chi connectivity index (χ2n) is 7.28. The van der Waals surface area contributed by atoms with Crippen molar-refractivity contribution in [2.24, 2.45) is 5.10 Å². The van der Waals surface area contributed by atoms with Gasteiger partial charge in [0, 0.05) is 40.8 Å². The van der Waals surface area contributed by atoms with E-state index in [0.29, 0.717) is 33.7 Å². The van der Waals surface area contributed by atoms with Crippen LogP contribution in [0.15, 0.2) is 72.0 Å². The van der Waals surface area contributed by atoms with Crippen molar-refractivity contribution >= 4 is 46.2 Å². The summed E-state index contributed by atoms with van der Waals surface area (Å²) >= 11 is 12.2. The number of hydrogen-bond acceptors (Lipinski definition) is 4. The number of nitrogens with one attached hydrogen (secondary N) is 1. The molecule has 168 valence electrons. The molecule has 4 aromatic rings. The number of carbonyl (C=O) groups is 1. The maximum atomic E-state index is 12.6. The Kier molecular flexibility index (Phi) is 6.87. The molecule has 3 aromatic carbocycles. The first-order valence-corrected chi connectivity index (χ1v) is 10.8. The van der Waals surface area contributed by atoms with Gasteiger partial charge in [-0.2, -0.15) is 5.10 Å². The summed E-state index contributed by atoms with van der Waals surface area (Å²) in [6, 6.07) is 18.5. The fourth-order valence-electron chi connectivity index (χ4n) is 3.51. The van der Waals surface area contributed by atoms with E-state index in [4.69, 9.17) is 32.7 Å². The van der Waals surface area contributed by atoms with E-state index in [1.807, 2.05) is 42.6 Å². The number of para-hydroxylation sites is 1. The third-order valence-electron chi connectivity index (χ3n) is 5.14. The number of amides is 1. The van der Waals surface area contributed by atoms with Crippen LogP contribution in [-0.4, -0.2) is 30.9 Å². The van der Waals surface area contributed by atoms with E-state index in [-0.39, 0.29) is 5.91 Å². The van der Waals surface area contributed by atoms with E-state index in [1.165, 1.54) is 14.2 Å². The van der Waals surface area contributed by atoms with Gasteiger partial charge in [0.1, 0.15) is 11.5 Å². The van der Waals surface area contributed by atoms with Crippen LogP contribution in [0, 0.1) is 0 Å². The molecule has 0 saturated carbocycles. The normalized spacial score (nSPS) is 11.2. The number of rotatable bonds is 7. The van der Waals surface area contributed by atoms with Gasteiger partial charge in [0.05, 0.1) is 30.5 Å². The molecule has 1 amide bonds. The second kappa shape index (κ2) is 9.98. The molecule has 0 spiro atoms. The summed E-state index contributed by atoms with van der Waals surface area (Å²) in [6.07, 6.45) is 3.61. The zero-order valence-corrected chi connectivity index (χ0v) is 19.5. The van der Waals surface area contributed by atoms with E-state index < -0.39 is 0 Å². The molecule has 0 aliphatic carbocycles. The largest absolute Gasteiger partial charge is 0.497 e. The maximum Gasteiger partial charge on any atom is 0.271 e. The first-order valence-electron chi connectivity index (χ1n) is 10.1. The molecule has 0 unspecified atom stereocenters. The van der Waals surface area contributed by atoms with Crippen LogP contribution in [0.3, 0.4) is 0 Å². The number of halogens is 2. The van der Waals surface area contributed by atoms with Gasteiger partial charge < -0.3 is 14.0 Å². The number of hydrogen-bond donors (Lipinski definition) is 1. The lowest BCUT2D eigenvalue weighted by molar-refractivity contribution is 0.0954. The molecule has 8 heteroatoms. The first-order chi connectivity index (χ1) is 16.0. The Hall–Kier alpha value is -3.48. The van der Waals surface area contributed by atoms with Gasteiger partial charge in [-0.05, 0) is 35.9 Å². The van der Waals surface area contributed by atoms with Crippen molar-refractivity contribution in [1.82, 2.24) is 9.99 Å². The van der Waals surface area contributed by atoms with Crippen LogP contribution in [-0.2, 0) is 6.54 Å². The SMILES string of the molecule is COc1cc(OC)cc(C(=O)NN=Cc2cn(Cc3ccc(Cl)c(Cl)c3)c3ccccc23)c1. The van der Waals surface area contributed by atoms with Crippen LogP contribution < -0.4 is 14.9 Å². The molecule has 0 bridgehead atoms. The molecule has 4 rings (SSSR count). The Morgan fingerprint density at radius 2 is 1.73 bits per heavy atom. The van der Waals surface area contributed by atoms with Crippen molar-refractivity contribution in [3.8, 4) is 11.5 Å². The molecule has 0 saturated heterocycles. The van der Waals surface area contributed by atoms with Gasteiger partial charge in [-0.1, -0.05) is 47.5 Å². The minimum atomic E-state index is -0.372. The Labute approximate surface area is 201 Å². The molecule has 6 nitrogen and oxygen atoms in total. The topological polar surface area (TPSA) is 64.8 Å². The first kappa shape index (κ1) is 22.7. The highest BCUT2D eigenvalue weighted by Gasteiger charge is 2.11. The molecule has 1 heterocycles. The van der Waals surface area contributed by atoms with Gasteiger partial charge in [0.15, 0.2) is 0 Å². The number of aromatic nitrogens is 1. The molecule has 0 aliphatic heterocycles. The molecule has 1 N–H and O–H groups in total. The number of methoxy groups -OCH3 is 2. The van der Waals surface area contributed by atoms with E-state index in [1.54, 1.807) is 30.5 Å². The Morgan fingerprint density at radius 1 is 1.00 bits per heavy atom. The third-order valence-corrected chi connectivity index (χ3v) is 5.88. The predicted octanol–water partition coefficient (Wildman–Crippen LogP) is 5.78. The van der Waals surface area contributed by atoms with Crippen LogP contribution in [0.25, 0.3) is 10.9 Å². The number of ether oxygens (including phenoxy) is 2. The van der Waals surface area contributed by atoms with Crippen molar-refractivity contribution in [3.63, 3.8) is 0 Å². The summed E-state index contributed by atoms with van der Waals surface area (Å²) in [7, 11) is 3.06. The molecule has 0 radical (unpaired) electrons. The highest BCUT2D eigenvalue weighted by Crippen LogP contribution is 2.26. The fraction of sp³-hybridized carbons (Fsp3) is 0.120. The average Bonchev–Trinajstić information content (AvgIpc) is 3.18. The lowest BCUT2D eigenvalue weighted by Gasteiger charge is -2.07. The Bertz CT molecular complexity index is 1330. The van der Waals surface area contributed by atoms with Gasteiger partial charge in [-0.3, -0.25) is 4.79 Å². The number of nitrogens with zero attached hydrogens (tertiary/aromatic N) is 2. The minimum absolute atomic E-state index is 0.372. The number of carbonyl (C=O) groups excluding carboxylic acids is 1. The van der Waals surface area contributed by atoms with Crippen molar-refractivity contribution < 1.29 is 14.3 Å². The molecule has 1 aromatic heterocycles.